The third-order valence-electron chi connectivity index (χ3n) is 5.23. The second kappa shape index (κ2) is 10.6. The minimum atomic E-state index is -0.984. The van der Waals surface area contributed by atoms with Gasteiger partial charge in [0, 0.05) is 26.3 Å². The number of carbonyl (C=O) groups excluding carboxylic acids is 4. The van der Waals surface area contributed by atoms with Crippen molar-refractivity contribution in [3.05, 3.63) is 36.7 Å². The van der Waals surface area contributed by atoms with Gasteiger partial charge in [0.1, 0.15) is 17.8 Å². The van der Waals surface area contributed by atoms with Gasteiger partial charge in [-0.15, -0.1) is 6.58 Å². The SMILES string of the molecule is C=CCNC(=O)N[C@H]1CCN(C(=O)c2cccn2C)[C@H]1C(=O)N[C@@H](C(=O)OC)C(C)C. The summed E-state index contributed by atoms with van der Waals surface area (Å²) in [5.74, 6) is -1.66. The summed E-state index contributed by atoms with van der Waals surface area (Å²) >= 11 is 0. The van der Waals surface area contributed by atoms with Crippen LogP contribution in [-0.2, 0) is 21.4 Å². The summed E-state index contributed by atoms with van der Waals surface area (Å²) in [5.41, 5.74) is 0.419. The number of amides is 4. The number of methoxy groups -OCH3 is 1. The summed E-state index contributed by atoms with van der Waals surface area (Å²) in [5, 5.41) is 8.06. The summed E-state index contributed by atoms with van der Waals surface area (Å²) in [6.07, 6.45) is 3.66. The molecule has 0 bridgehead atoms. The maximum absolute atomic E-state index is 13.2. The average molecular weight is 434 g/mol. The highest BCUT2D eigenvalue weighted by molar-refractivity contribution is 5.98. The van der Waals surface area contributed by atoms with Gasteiger partial charge < -0.3 is 30.2 Å². The predicted octanol–water partition coefficient (Wildman–Crippen LogP) is 0.407. The number of urea groups is 1. The monoisotopic (exact) mass is 433 g/mol. The van der Waals surface area contributed by atoms with Crippen LogP contribution in [0.3, 0.4) is 0 Å². The van der Waals surface area contributed by atoms with E-state index in [4.69, 9.17) is 4.74 Å². The number of carbonyl (C=O) groups is 4. The maximum Gasteiger partial charge on any atom is 0.328 e. The molecule has 1 aromatic rings. The fourth-order valence-corrected chi connectivity index (χ4v) is 3.57. The molecule has 1 aliphatic heterocycles. The van der Waals surface area contributed by atoms with Gasteiger partial charge in [0.15, 0.2) is 0 Å². The molecule has 3 N–H and O–H groups in total. The number of hydrogen-bond acceptors (Lipinski definition) is 5. The van der Waals surface area contributed by atoms with Gasteiger partial charge >= 0.3 is 12.0 Å². The highest BCUT2D eigenvalue weighted by Crippen LogP contribution is 2.22. The minimum absolute atomic E-state index is 0.225. The van der Waals surface area contributed by atoms with Crippen molar-refractivity contribution in [1.82, 2.24) is 25.4 Å². The molecule has 0 radical (unpaired) electrons. The van der Waals surface area contributed by atoms with Gasteiger partial charge in [-0.1, -0.05) is 19.9 Å². The lowest BCUT2D eigenvalue weighted by Gasteiger charge is -2.30. The van der Waals surface area contributed by atoms with Gasteiger partial charge in [-0.2, -0.15) is 0 Å². The molecular formula is C21H31N5O5. The van der Waals surface area contributed by atoms with E-state index in [0.717, 1.165) is 0 Å². The van der Waals surface area contributed by atoms with Gasteiger partial charge in [-0.3, -0.25) is 9.59 Å². The van der Waals surface area contributed by atoms with E-state index in [1.54, 1.807) is 43.8 Å². The zero-order valence-corrected chi connectivity index (χ0v) is 18.4. The molecule has 1 fully saturated rings. The number of nitrogens with zero attached hydrogens (tertiary/aromatic N) is 2. The third-order valence-corrected chi connectivity index (χ3v) is 5.23. The molecule has 2 rings (SSSR count). The smallest absolute Gasteiger partial charge is 0.328 e. The molecule has 1 aliphatic rings. The van der Waals surface area contributed by atoms with Crippen LogP contribution < -0.4 is 16.0 Å². The van der Waals surface area contributed by atoms with Crippen molar-refractivity contribution in [3.8, 4) is 0 Å². The lowest BCUT2D eigenvalue weighted by Crippen LogP contribution is -2.59. The zero-order chi connectivity index (χ0) is 23.1. The predicted molar refractivity (Wildman–Crippen MR) is 114 cm³/mol. The van der Waals surface area contributed by atoms with E-state index in [2.05, 4.69) is 22.5 Å². The molecule has 0 spiro atoms. The highest BCUT2D eigenvalue weighted by atomic mass is 16.5. The first-order chi connectivity index (χ1) is 14.7. The molecule has 10 heteroatoms. The Morgan fingerprint density at radius 2 is 2.03 bits per heavy atom. The first-order valence-corrected chi connectivity index (χ1v) is 10.2. The van der Waals surface area contributed by atoms with Gasteiger partial charge in [-0.05, 0) is 24.5 Å². The molecule has 1 saturated heterocycles. The number of aryl methyl sites for hydroxylation is 1. The van der Waals surface area contributed by atoms with Crippen molar-refractivity contribution in [2.75, 3.05) is 20.2 Å². The fraction of sp³-hybridized carbons (Fsp3) is 0.524. The molecule has 0 aliphatic carbocycles. The molecule has 31 heavy (non-hydrogen) atoms. The van der Waals surface area contributed by atoms with Gasteiger partial charge in [-0.25, -0.2) is 9.59 Å². The number of aromatic nitrogens is 1. The fourth-order valence-electron chi connectivity index (χ4n) is 3.57. The Hall–Kier alpha value is -3.30. The molecule has 3 atom stereocenters. The summed E-state index contributed by atoms with van der Waals surface area (Å²) in [7, 11) is 2.99. The zero-order valence-electron chi connectivity index (χ0n) is 18.4. The molecule has 0 aromatic carbocycles. The topological polar surface area (TPSA) is 122 Å². The van der Waals surface area contributed by atoms with E-state index >= 15 is 0 Å². The Balaban J connectivity index is 2.29. The second-order valence-corrected chi connectivity index (χ2v) is 7.74. The largest absolute Gasteiger partial charge is 0.467 e. The average Bonchev–Trinajstić information content (AvgIpc) is 3.35. The third kappa shape index (κ3) is 5.65. The van der Waals surface area contributed by atoms with Crippen LogP contribution in [0.1, 0.15) is 30.8 Å². The van der Waals surface area contributed by atoms with Gasteiger partial charge in [0.25, 0.3) is 5.91 Å². The molecule has 10 nitrogen and oxygen atoms in total. The van der Waals surface area contributed by atoms with Crippen molar-refractivity contribution < 1.29 is 23.9 Å². The summed E-state index contributed by atoms with van der Waals surface area (Å²) < 4.78 is 6.46. The van der Waals surface area contributed by atoms with Crippen LogP contribution >= 0.6 is 0 Å². The van der Waals surface area contributed by atoms with Crippen molar-refractivity contribution in [3.63, 3.8) is 0 Å². The van der Waals surface area contributed by atoms with Gasteiger partial charge in [0.05, 0.1) is 13.2 Å². The number of esters is 1. The maximum atomic E-state index is 13.2. The lowest BCUT2D eigenvalue weighted by atomic mass is 10.0. The van der Waals surface area contributed by atoms with Crippen LogP contribution in [0.25, 0.3) is 0 Å². The first kappa shape index (κ1) is 24.0. The van der Waals surface area contributed by atoms with Crippen LogP contribution in [0.5, 0.6) is 0 Å². The minimum Gasteiger partial charge on any atom is -0.467 e. The molecule has 170 valence electrons. The second-order valence-electron chi connectivity index (χ2n) is 7.74. The van der Waals surface area contributed by atoms with Crippen LogP contribution in [0.2, 0.25) is 0 Å². The number of ether oxygens (including phenoxy) is 1. The Morgan fingerprint density at radius 3 is 2.58 bits per heavy atom. The molecule has 1 aromatic heterocycles. The number of likely N-dealkylation sites (tertiary alicyclic amines) is 1. The van der Waals surface area contributed by atoms with E-state index in [1.807, 2.05) is 0 Å². The number of rotatable bonds is 8. The van der Waals surface area contributed by atoms with Crippen LogP contribution in [-0.4, -0.2) is 71.6 Å². The highest BCUT2D eigenvalue weighted by Gasteiger charge is 2.44. The summed E-state index contributed by atoms with van der Waals surface area (Å²) in [6.45, 7) is 7.65. The standard InChI is InChI=1S/C21H31N5O5/c1-6-10-22-21(30)23-14-9-12-26(19(28)15-8-7-11-25(15)4)17(14)18(27)24-16(13(2)3)20(29)31-5/h6-8,11,13-14,16-17H,1,9-10,12H2,2-5H3,(H,24,27)(H2,22,23,30)/t14-,16+,17+/m0/s1. The van der Waals surface area contributed by atoms with E-state index in [0.29, 0.717) is 12.1 Å². The molecular weight excluding hydrogens is 402 g/mol. The summed E-state index contributed by atoms with van der Waals surface area (Å²) in [6, 6.07) is 0.454. The van der Waals surface area contributed by atoms with Crippen LogP contribution in [0.4, 0.5) is 4.79 Å². The Bertz CT molecular complexity index is 834. The molecule has 2 heterocycles. The van der Waals surface area contributed by atoms with Crippen LogP contribution in [0, 0.1) is 5.92 Å². The quantitative estimate of drug-likeness (QED) is 0.405. The van der Waals surface area contributed by atoms with E-state index < -0.39 is 36.0 Å². The normalized spacial score (nSPS) is 18.9. The Kier molecular flexibility index (Phi) is 8.23. The van der Waals surface area contributed by atoms with Gasteiger partial charge in [0.2, 0.25) is 5.91 Å². The van der Waals surface area contributed by atoms with Crippen molar-refractivity contribution in [2.45, 2.75) is 38.4 Å². The Labute approximate surface area is 182 Å². The van der Waals surface area contributed by atoms with Crippen molar-refractivity contribution >= 4 is 23.8 Å². The van der Waals surface area contributed by atoms with E-state index in [1.165, 1.54) is 18.1 Å². The van der Waals surface area contributed by atoms with E-state index in [9.17, 15) is 19.2 Å². The van der Waals surface area contributed by atoms with Crippen molar-refractivity contribution in [2.24, 2.45) is 13.0 Å². The number of nitrogens with one attached hydrogen (secondary N) is 3. The van der Waals surface area contributed by atoms with Crippen molar-refractivity contribution in [1.29, 1.82) is 0 Å². The molecule has 0 saturated carbocycles. The van der Waals surface area contributed by atoms with E-state index in [-0.39, 0.29) is 24.9 Å². The number of hydrogen-bond donors (Lipinski definition) is 3. The van der Waals surface area contributed by atoms with Crippen LogP contribution in [0.15, 0.2) is 31.0 Å². The Morgan fingerprint density at radius 1 is 1.32 bits per heavy atom. The molecule has 0 unspecified atom stereocenters. The summed E-state index contributed by atoms with van der Waals surface area (Å²) in [4.78, 5) is 52.1. The first-order valence-electron chi connectivity index (χ1n) is 10.2. The lowest BCUT2D eigenvalue weighted by molar-refractivity contribution is -0.146. The molecule has 4 amide bonds.